The van der Waals surface area contributed by atoms with E-state index in [0.717, 1.165) is 11.4 Å². The first-order valence-corrected chi connectivity index (χ1v) is 7.32. The van der Waals surface area contributed by atoms with Crippen LogP contribution in [0.15, 0.2) is 30.6 Å². The fourth-order valence-electron chi connectivity index (χ4n) is 2.71. The molecule has 1 saturated carbocycles. The van der Waals surface area contributed by atoms with Crippen molar-refractivity contribution in [2.75, 3.05) is 0 Å². The van der Waals surface area contributed by atoms with E-state index >= 15 is 0 Å². The topological polar surface area (TPSA) is 50.9 Å². The molecule has 4 heteroatoms. The minimum absolute atomic E-state index is 0.262. The number of nitrogens with zero attached hydrogens (tertiary/aromatic N) is 3. The number of aliphatic hydroxyl groups excluding tert-OH is 1. The van der Waals surface area contributed by atoms with Gasteiger partial charge in [-0.05, 0) is 43.7 Å². The standard InChI is InChI=1S/C16H21N3O/c1-11(2)19-16(17-10-18-19)9-15(20)14-6-4-3-5-13(14)12-7-8-12/h3-6,10-12,15,20H,7-9H2,1-2H3. The Morgan fingerprint density at radius 2 is 2.05 bits per heavy atom. The summed E-state index contributed by atoms with van der Waals surface area (Å²) in [5, 5.41) is 14.8. The van der Waals surface area contributed by atoms with Crippen molar-refractivity contribution >= 4 is 0 Å². The van der Waals surface area contributed by atoms with Gasteiger partial charge in [-0.3, -0.25) is 0 Å². The van der Waals surface area contributed by atoms with E-state index in [1.807, 2.05) is 16.8 Å². The van der Waals surface area contributed by atoms with Crippen molar-refractivity contribution in [3.63, 3.8) is 0 Å². The zero-order valence-electron chi connectivity index (χ0n) is 12.0. The average molecular weight is 271 g/mol. The third kappa shape index (κ3) is 2.61. The van der Waals surface area contributed by atoms with Gasteiger partial charge >= 0.3 is 0 Å². The summed E-state index contributed by atoms with van der Waals surface area (Å²) < 4.78 is 1.88. The van der Waals surface area contributed by atoms with Gasteiger partial charge in [-0.15, -0.1) is 0 Å². The van der Waals surface area contributed by atoms with Crippen molar-refractivity contribution in [2.24, 2.45) is 0 Å². The largest absolute Gasteiger partial charge is 0.388 e. The summed E-state index contributed by atoms with van der Waals surface area (Å²) in [5.41, 5.74) is 2.35. The lowest BCUT2D eigenvalue weighted by Gasteiger charge is -2.16. The monoisotopic (exact) mass is 271 g/mol. The van der Waals surface area contributed by atoms with Crippen LogP contribution in [0.1, 0.15) is 61.7 Å². The number of rotatable bonds is 5. The molecule has 1 aromatic carbocycles. The molecule has 0 amide bonds. The molecule has 1 heterocycles. The lowest BCUT2D eigenvalue weighted by molar-refractivity contribution is 0.172. The number of aromatic nitrogens is 3. The molecule has 1 aliphatic rings. The van der Waals surface area contributed by atoms with E-state index in [1.54, 1.807) is 6.33 Å². The number of benzene rings is 1. The predicted octanol–water partition coefficient (Wildman–Crippen LogP) is 3.01. The Bertz CT molecular complexity index is 587. The normalized spacial score (nSPS) is 16.6. The molecule has 20 heavy (non-hydrogen) atoms. The maximum Gasteiger partial charge on any atom is 0.138 e. The molecule has 1 fully saturated rings. The van der Waals surface area contributed by atoms with E-state index in [9.17, 15) is 5.11 Å². The Balaban J connectivity index is 1.82. The summed E-state index contributed by atoms with van der Waals surface area (Å²) in [5.74, 6) is 1.49. The Kier molecular flexibility index (Phi) is 3.57. The SMILES string of the molecule is CC(C)n1ncnc1CC(O)c1ccccc1C1CC1. The van der Waals surface area contributed by atoms with Gasteiger partial charge < -0.3 is 5.11 Å². The van der Waals surface area contributed by atoms with Gasteiger partial charge in [0.2, 0.25) is 0 Å². The van der Waals surface area contributed by atoms with Crippen LogP contribution in [-0.4, -0.2) is 19.9 Å². The van der Waals surface area contributed by atoms with Gasteiger partial charge in [0.15, 0.2) is 0 Å². The van der Waals surface area contributed by atoms with E-state index in [2.05, 4.69) is 36.1 Å². The molecular formula is C16H21N3O. The van der Waals surface area contributed by atoms with Gasteiger partial charge in [-0.2, -0.15) is 5.10 Å². The summed E-state index contributed by atoms with van der Waals surface area (Å²) in [6.07, 6.45) is 4.06. The van der Waals surface area contributed by atoms with E-state index in [1.165, 1.54) is 18.4 Å². The minimum Gasteiger partial charge on any atom is -0.388 e. The first-order chi connectivity index (χ1) is 9.66. The van der Waals surface area contributed by atoms with Crippen molar-refractivity contribution in [3.8, 4) is 0 Å². The molecule has 2 aromatic rings. The van der Waals surface area contributed by atoms with Crippen molar-refractivity contribution < 1.29 is 5.11 Å². The van der Waals surface area contributed by atoms with Gasteiger partial charge in [0, 0.05) is 12.5 Å². The smallest absolute Gasteiger partial charge is 0.138 e. The summed E-state index contributed by atoms with van der Waals surface area (Å²) in [7, 11) is 0. The Morgan fingerprint density at radius 1 is 1.30 bits per heavy atom. The molecule has 1 aliphatic carbocycles. The Morgan fingerprint density at radius 3 is 2.75 bits per heavy atom. The third-order valence-corrected chi connectivity index (χ3v) is 3.88. The number of hydrogen-bond acceptors (Lipinski definition) is 3. The molecule has 0 spiro atoms. The predicted molar refractivity (Wildman–Crippen MR) is 77.5 cm³/mol. The highest BCUT2D eigenvalue weighted by Crippen LogP contribution is 2.43. The first-order valence-electron chi connectivity index (χ1n) is 7.32. The molecule has 0 radical (unpaired) electrons. The molecule has 1 atom stereocenters. The van der Waals surface area contributed by atoms with Gasteiger partial charge in [0.05, 0.1) is 6.10 Å². The molecule has 106 valence electrons. The van der Waals surface area contributed by atoms with Gasteiger partial charge in [0.25, 0.3) is 0 Å². The summed E-state index contributed by atoms with van der Waals surface area (Å²) in [6, 6.07) is 8.49. The summed E-state index contributed by atoms with van der Waals surface area (Å²) in [6.45, 7) is 4.14. The Labute approximate surface area is 119 Å². The second-order valence-corrected chi connectivity index (χ2v) is 5.84. The van der Waals surface area contributed by atoms with Crippen LogP contribution in [-0.2, 0) is 6.42 Å². The van der Waals surface area contributed by atoms with Crippen LogP contribution >= 0.6 is 0 Å². The average Bonchev–Trinajstić information content (AvgIpc) is 3.18. The molecule has 1 N–H and O–H groups in total. The maximum atomic E-state index is 10.6. The third-order valence-electron chi connectivity index (χ3n) is 3.88. The molecule has 4 nitrogen and oxygen atoms in total. The Hall–Kier alpha value is -1.68. The van der Waals surface area contributed by atoms with E-state index < -0.39 is 6.10 Å². The van der Waals surface area contributed by atoms with Crippen LogP contribution in [0.4, 0.5) is 0 Å². The van der Waals surface area contributed by atoms with Crippen LogP contribution < -0.4 is 0 Å². The van der Waals surface area contributed by atoms with Gasteiger partial charge in [-0.1, -0.05) is 24.3 Å². The molecule has 0 aliphatic heterocycles. The zero-order valence-corrected chi connectivity index (χ0v) is 12.0. The van der Waals surface area contributed by atoms with Crippen LogP contribution in [0.25, 0.3) is 0 Å². The quantitative estimate of drug-likeness (QED) is 0.909. The van der Waals surface area contributed by atoms with Gasteiger partial charge in [0.1, 0.15) is 12.2 Å². The fourth-order valence-corrected chi connectivity index (χ4v) is 2.71. The van der Waals surface area contributed by atoms with Crippen molar-refractivity contribution in [1.82, 2.24) is 14.8 Å². The molecule has 3 rings (SSSR count). The summed E-state index contributed by atoms with van der Waals surface area (Å²) >= 11 is 0. The molecular weight excluding hydrogens is 250 g/mol. The highest BCUT2D eigenvalue weighted by molar-refractivity contribution is 5.35. The second kappa shape index (κ2) is 5.37. The molecule has 1 unspecified atom stereocenters. The maximum absolute atomic E-state index is 10.6. The first kappa shape index (κ1) is 13.3. The van der Waals surface area contributed by atoms with E-state index in [4.69, 9.17) is 0 Å². The van der Waals surface area contributed by atoms with Crippen molar-refractivity contribution in [2.45, 2.75) is 51.2 Å². The lowest BCUT2D eigenvalue weighted by atomic mass is 9.97. The van der Waals surface area contributed by atoms with E-state index in [0.29, 0.717) is 12.3 Å². The minimum atomic E-state index is -0.506. The van der Waals surface area contributed by atoms with Crippen LogP contribution in [0.2, 0.25) is 0 Å². The van der Waals surface area contributed by atoms with Crippen LogP contribution in [0.3, 0.4) is 0 Å². The van der Waals surface area contributed by atoms with Crippen LogP contribution in [0.5, 0.6) is 0 Å². The summed E-state index contributed by atoms with van der Waals surface area (Å²) in [4.78, 5) is 4.28. The molecule has 1 aromatic heterocycles. The van der Waals surface area contributed by atoms with Gasteiger partial charge in [-0.25, -0.2) is 9.67 Å². The highest BCUT2D eigenvalue weighted by Gasteiger charge is 2.28. The number of aliphatic hydroxyl groups is 1. The van der Waals surface area contributed by atoms with Crippen LogP contribution in [0, 0.1) is 0 Å². The van der Waals surface area contributed by atoms with E-state index in [-0.39, 0.29) is 6.04 Å². The number of hydrogen-bond donors (Lipinski definition) is 1. The van der Waals surface area contributed by atoms with Crippen molar-refractivity contribution in [3.05, 3.63) is 47.5 Å². The lowest BCUT2D eigenvalue weighted by Crippen LogP contribution is -2.13. The zero-order chi connectivity index (χ0) is 14.1. The molecule has 0 bridgehead atoms. The molecule has 0 saturated heterocycles. The highest BCUT2D eigenvalue weighted by atomic mass is 16.3. The second-order valence-electron chi connectivity index (χ2n) is 5.84. The fraction of sp³-hybridized carbons (Fsp3) is 0.500. The van der Waals surface area contributed by atoms with Crippen molar-refractivity contribution in [1.29, 1.82) is 0 Å².